The van der Waals surface area contributed by atoms with E-state index in [-0.39, 0.29) is 11.9 Å². The van der Waals surface area contributed by atoms with Gasteiger partial charge in [-0.05, 0) is 42.2 Å². The second kappa shape index (κ2) is 5.48. The molecule has 4 heteroatoms. The zero-order valence-corrected chi connectivity index (χ0v) is 11.9. The zero-order valence-electron chi connectivity index (χ0n) is 11.9. The Morgan fingerprint density at radius 1 is 1.19 bits per heavy atom. The maximum atomic E-state index is 12.3. The molecule has 1 aliphatic rings. The van der Waals surface area contributed by atoms with Crippen molar-refractivity contribution in [1.29, 1.82) is 0 Å². The monoisotopic (exact) mass is 282 g/mol. The molecule has 0 aliphatic heterocycles. The van der Waals surface area contributed by atoms with Crippen molar-refractivity contribution in [1.82, 2.24) is 5.32 Å². The first-order valence-corrected chi connectivity index (χ1v) is 6.98. The van der Waals surface area contributed by atoms with Crippen LogP contribution in [0.5, 0.6) is 5.75 Å². The van der Waals surface area contributed by atoms with Gasteiger partial charge >= 0.3 is 0 Å². The van der Waals surface area contributed by atoms with Crippen molar-refractivity contribution in [3.8, 4) is 5.75 Å². The second-order valence-electron chi connectivity index (χ2n) is 5.30. The lowest BCUT2D eigenvalue weighted by Gasteiger charge is -2.13. The fourth-order valence-corrected chi connectivity index (χ4v) is 2.81. The summed E-state index contributed by atoms with van der Waals surface area (Å²) in [6, 6.07) is 13.6. The van der Waals surface area contributed by atoms with Crippen LogP contribution >= 0.6 is 0 Å². The normalized spacial score (nSPS) is 13.8. The molecule has 0 atom stereocenters. The number of amides is 1. The highest BCUT2D eigenvalue weighted by molar-refractivity contribution is 5.95. The fraction of sp³-hybridized carbons (Fsp3) is 0.235. The van der Waals surface area contributed by atoms with Crippen LogP contribution < -0.4 is 15.8 Å². The number of nitrogens with one attached hydrogen (secondary N) is 1. The summed E-state index contributed by atoms with van der Waals surface area (Å²) >= 11 is 0. The lowest BCUT2D eigenvalue weighted by molar-refractivity contribution is 0.0938. The molecular weight excluding hydrogens is 264 g/mol. The summed E-state index contributed by atoms with van der Waals surface area (Å²) in [5.41, 5.74) is 9.51. The number of nitrogens with two attached hydrogens (primary N) is 1. The molecule has 0 fully saturated rings. The second-order valence-corrected chi connectivity index (χ2v) is 5.30. The van der Waals surface area contributed by atoms with E-state index >= 15 is 0 Å². The van der Waals surface area contributed by atoms with Crippen molar-refractivity contribution in [2.24, 2.45) is 0 Å². The van der Waals surface area contributed by atoms with Gasteiger partial charge in [0.05, 0.1) is 12.8 Å². The molecule has 0 spiro atoms. The van der Waals surface area contributed by atoms with Crippen LogP contribution in [-0.4, -0.2) is 19.1 Å². The molecule has 21 heavy (non-hydrogen) atoms. The van der Waals surface area contributed by atoms with E-state index in [4.69, 9.17) is 10.5 Å². The van der Waals surface area contributed by atoms with Crippen molar-refractivity contribution in [3.63, 3.8) is 0 Å². The van der Waals surface area contributed by atoms with Crippen LogP contribution in [-0.2, 0) is 12.8 Å². The maximum Gasteiger partial charge on any atom is 0.251 e. The molecule has 0 radical (unpaired) electrons. The van der Waals surface area contributed by atoms with Crippen LogP contribution in [0.25, 0.3) is 0 Å². The predicted molar refractivity (Wildman–Crippen MR) is 82.5 cm³/mol. The SMILES string of the molecule is COc1ccc(C(=O)NC2Cc3ccccc3C2)cc1N. The van der Waals surface area contributed by atoms with Gasteiger partial charge in [-0.15, -0.1) is 0 Å². The molecule has 0 unspecified atom stereocenters. The van der Waals surface area contributed by atoms with Gasteiger partial charge in [0.2, 0.25) is 0 Å². The molecule has 3 rings (SSSR count). The Morgan fingerprint density at radius 2 is 1.86 bits per heavy atom. The minimum absolute atomic E-state index is 0.0952. The number of ether oxygens (including phenoxy) is 1. The van der Waals surface area contributed by atoms with Crippen molar-refractivity contribution in [3.05, 3.63) is 59.2 Å². The van der Waals surface area contributed by atoms with Gasteiger partial charge in [-0.3, -0.25) is 4.79 Å². The summed E-state index contributed by atoms with van der Waals surface area (Å²) in [6.07, 6.45) is 1.76. The molecule has 0 heterocycles. The lowest BCUT2D eigenvalue weighted by Crippen LogP contribution is -2.35. The van der Waals surface area contributed by atoms with E-state index in [0.29, 0.717) is 17.0 Å². The van der Waals surface area contributed by atoms with Crippen LogP contribution in [0.2, 0.25) is 0 Å². The lowest BCUT2D eigenvalue weighted by atomic mass is 10.1. The Kier molecular flexibility index (Phi) is 3.52. The van der Waals surface area contributed by atoms with E-state index in [2.05, 4.69) is 17.4 Å². The highest BCUT2D eigenvalue weighted by atomic mass is 16.5. The number of carbonyl (C=O) groups excluding carboxylic acids is 1. The predicted octanol–water partition coefficient (Wildman–Crippen LogP) is 2.17. The average Bonchev–Trinajstić information content (AvgIpc) is 2.89. The van der Waals surface area contributed by atoms with E-state index in [9.17, 15) is 4.79 Å². The average molecular weight is 282 g/mol. The Morgan fingerprint density at radius 3 is 2.43 bits per heavy atom. The molecule has 0 saturated carbocycles. The van der Waals surface area contributed by atoms with Gasteiger partial charge in [0, 0.05) is 11.6 Å². The number of hydrogen-bond acceptors (Lipinski definition) is 3. The molecule has 3 N–H and O–H groups in total. The van der Waals surface area contributed by atoms with E-state index in [1.54, 1.807) is 25.3 Å². The Hall–Kier alpha value is -2.49. The van der Waals surface area contributed by atoms with Gasteiger partial charge in [-0.25, -0.2) is 0 Å². The third-order valence-electron chi connectivity index (χ3n) is 3.88. The van der Waals surface area contributed by atoms with Crippen molar-refractivity contribution in [2.45, 2.75) is 18.9 Å². The van der Waals surface area contributed by atoms with Crippen molar-refractivity contribution < 1.29 is 9.53 Å². The molecule has 2 aromatic carbocycles. The number of fused-ring (bicyclic) bond motifs is 1. The first-order chi connectivity index (χ1) is 10.2. The Labute approximate surface area is 123 Å². The highest BCUT2D eigenvalue weighted by Gasteiger charge is 2.22. The minimum atomic E-state index is -0.0952. The molecule has 1 amide bonds. The van der Waals surface area contributed by atoms with Crippen LogP contribution in [0, 0.1) is 0 Å². The summed E-state index contributed by atoms with van der Waals surface area (Å²) in [5.74, 6) is 0.488. The van der Waals surface area contributed by atoms with E-state index < -0.39 is 0 Å². The number of benzene rings is 2. The number of rotatable bonds is 3. The molecule has 108 valence electrons. The first-order valence-electron chi connectivity index (χ1n) is 6.98. The molecule has 4 nitrogen and oxygen atoms in total. The number of anilines is 1. The number of methoxy groups -OCH3 is 1. The summed E-state index contributed by atoms with van der Waals surface area (Å²) < 4.78 is 5.10. The largest absolute Gasteiger partial charge is 0.495 e. The standard InChI is InChI=1S/C17H18N2O2/c1-21-16-7-6-13(10-15(16)18)17(20)19-14-8-11-4-2-3-5-12(11)9-14/h2-7,10,14H,8-9,18H2,1H3,(H,19,20). The summed E-state index contributed by atoms with van der Waals surface area (Å²) in [5, 5.41) is 3.07. The summed E-state index contributed by atoms with van der Waals surface area (Å²) in [7, 11) is 1.56. The van der Waals surface area contributed by atoms with Crippen LogP contribution in [0.3, 0.4) is 0 Å². The van der Waals surface area contributed by atoms with Gasteiger partial charge in [0.25, 0.3) is 5.91 Å². The van der Waals surface area contributed by atoms with Crippen LogP contribution in [0.1, 0.15) is 21.5 Å². The number of nitrogen functional groups attached to an aromatic ring is 1. The van der Waals surface area contributed by atoms with Crippen molar-refractivity contribution in [2.75, 3.05) is 12.8 Å². The van der Waals surface area contributed by atoms with Crippen molar-refractivity contribution >= 4 is 11.6 Å². The molecule has 0 bridgehead atoms. The minimum Gasteiger partial charge on any atom is -0.495 e. The van der Waals surface area contributed by atoms with Gasteiger partial charge in [0.15, 0.2) is 0 Å². The first kappa shape index (κ1) is 13.5. The number of hydrogen-bond donors (Lipinski definition) is 2. The van der Waals surface area contributed by atoms with E-state index in [0.717, 1.165) is 12.8 Å². The third-order valence-corrected chi connectivity index (χ3v) is 3.88. The van der Waals surface area contributed by atoms with Crippen LogP contribution in [0.4, 0.5) is 5.69 Å². The van der Waals surface area contributed by atoms with Gasteiger partial charge in [-0.2, -0.15) is 0 Å². The molecular formula is C17H18N2O2. The Bertz CT molecular complexity index is 657. The van der Waals surface area contributed by atoms with Gasteiger partial charge < -0.3 is 15.8 Å². The van der Waals surface area contributed by atoms with E-state index in [1.165, 1.54) is 11.1 Å². The topological polar surface area (TPSA) is 64.3 Å². The highest BCUT2D eigenvalue weighted by Crippen LogP contribution is 2.24. The van der Waals surface area contributed by atoms with Crippen LogP contribution in [0.15, 0.2) is 42.5 Å². The van der Waals surface area contributed by atoms with E-state index in [1.807, 2.05) is 12.1 Å². The quantitative estimate of drug-likeness (QED) is 0.848. The molecule has 0 aromatic heterocycles. The number of carbonyl (C=O) groups is 1. The summed E-state index contributed by atoms with van der Waals surface area (Å²) in [4.78, 5) is 12.3. The third kappa shape index (κ3) is 2.70. The zero-order chi connectivity index (χ0) is 14.8. The van der Waals surface area contributed by atoms with Gasteiger partial charge in [0.1, 0.15) is 5.75 Å². The van der Waals surface area contributed by atoms with Gasteiger partial charge in [-0.1, -0.05) is 24.3 Å². The molecule has 1 aliphatic carbocycles. The molecule has 2 aromatic rings. The fourth-order valence-electron chi connectivity index (χ4n) is 2.81. The molecule has 0 saturated heterocycles. The smallest absolute Gasteiger partial charge is 0.251 e. The maximum absolute atomic E-state index is 12.3. The summed E-state index contributed by atoms with van der Waals surface area (Å²) in [6.45, 7) is 0. The Balaban J connectivity index is 1.69.